The molecule has 2 aliphatic rings. The Bertz CT molecular complexity index is 1050. The van der Waals surface area contributed by atoms with Gasteiger partial charge in [0.2, 0.25) is 0 Å². The number of aryl methyl sites for hydroxylation is 2. The predicted molar refractivity (Wildman–Crippen MR) is 104 cm³/mol. The highest BCUT2D eigenvalue weighted by molar-refractivity contribution is 6.10. The van der Waals surface area contributed by atoms with Crippen LogP contribution >= 0.6 is 0 Å². The van der Waals surface area contributed by atoms with Gasteiger partial charge in [-0.3, -0.25) is 4.79 Å². The highest BCUT2D eigenvalue weighted by Gasteiger charge is 2.42. The summed E-state index contributed by atoms with van der Waals surface area (Å²) in [6.07, 6.45) is -3.26. The van der Waals surface area contributed by atoms with Crippen molar-refractivity contribution >= 4 is 28.5 Å². The number of carbonyl (C=O) groups excluding carboxylic acids is 2. The van der Waals surface area contributed by atoms with Crippen molar-refractivity contribution in [1.82, 2.24) is 15.8 Å². The van der Waals surface area contributed by atoms with Crippen LogP contribution in [-0.4, -0.2) is 48.7 Å². The number of anilines is 1. The van der Waals surface area contributed by atoms with Gasteiger partial charge in [-0.2, -0.15) is 18.7 Å². The molecule has 3 heterocycles. The van der Waals surface area contributed by atoms with Gasteiger partial charge < -0.3 is 20.0 Å². The smallest absolute Gasteiger partial charge is 0.367 e. The molecule has 0 saturated carbocycles. The van der Waals surface area contributed by atoms with E-state index in [-0.39, 0.29) is 17.1 Å². The van der Waals surface area contributed by atoms with Gasteiger partial charge in [-0.1, -0.05) is 0 Å². The van der Waals surface area contributed by atoms with E-state index >= 15 is 4.39 Å². The Hall–Kier alpha value is -2.82. The summed E-state index contributed by atoms with van der Waals surface area (Å²) in [5.74, 6) is -3.85. The number of hydrogen-bond donors (Lipinski definition) is 3. The van der Waals surface area contributed by atoms with Crippen LogP contribution in [0.2, 0.25) is 0 Å². The van der Waals surface area contributed by atoms with Crippen LogP contribution in [0.25, 0.3) is 10.9 Å². The molecule has 7 nitrogen and oxygen atoms in total. The molecule has 1 aromatic carbocycles. The fourth-order valence-electron chi connectivity index (χ4n) is 4.53. The number of aromatic amines is 1. The summed E-state index contributed by atoms with van der Waals surface area (Å²) in [6, 6.07) is 1.21. The van der Waals surface area contributed by atoms with Crippen LogP contribution in [0.1, 0.15) is 34.5 Å². The van der Waals surface area contributed by atoms with Gasteiger partial charge in [0, 0.05) is 30.2 Å². The first-order valence-corrected chi connectivity index (χ1v) is 9.96. The standard InChI is InChI=1S/C20H22F4N4O3/c1-9-10(2)26-16-12(18(29)27-31-19(30)20(22,23)24)7-13(21)17(15(9)16)28-6-4-11-3-5-25-14(11)8-28/h7,11,14,25-26H,3-6,8H2,1-2H3,(H,27,29). The molecule has 2 atom stereocenters. The first kappa shape index (κ1) is 21.4. The molecule has 4 rings (SSSR count). The second kappa shape index (κ2) is 7.70. The monoisotopic (exact) mass is 442 g/mol. The zero-order chi connectivity index (χ0) is 22.5. The minimum Gasteiger partial charge on any atom is -0.367 e. The van der Waals surface area contributed by atoms with Crippen LogP contribution in [-0.2, 0) is 9.63 Å². The number of amides is 1. The Balaban J connectivity index is 1.70. The van der Waals surface area contributed by atoms with E-state index in [1.165, 1.54) is 5.48 Å². The van der Waals surface area contributed by atoms with E-state index in [0.717, 1.165) is 31.0 Å². The quantitative estimate of drug-likeness (QED) is 0.492. The van der Waals surface area contributed by atoms with Crippen LogP contribution < -0.4 is 15.7 Å². The van der Waals surface area contributed by atoms with Gasteiger partial charge in [-0.25, -0.2) is 9.18 Å². The normalized spacial score (nSPS) is 21.3. The average molecular weight is 442 g/mol. The minimum atomic E-state index is -5.27. The number of nitrogens with one attached hydrogen (secondary N) is 3. The molecule has 2 aliphatic heterocycles. The largest absolute Gasteiger partial charge is 0.493 e. The number of fused-ring (bicyclic) bond motifs is 2. The SMILES string of the molecule is Cc1[nH]c2c(C(=O)NOC(=O)C(F)(F)F)cc(F)c(N3CCC4CCNC4C3)c2c1C. The van der Waals surface area contributed by atoms with Crippen molar-refractivity contribution in [1.29, 1.82) is 0 Å². The van der Waals surface area contributed by atoms with E-state index in [9.17, 15) is 22.8 Å². The zero-order valence-electron chi connectivity index (χ0n) is 17.0. The Morgan fingerprint density at radius 3 is 2.71 bits per heavy atom. The van der Waals surface area contributed by atoms with Gasteiger partial charge in [0.05, 0.1) is 16.8 Å². The summed E-state index contributed by atoms with van der Waals surface area (Å²) < 4.78 is 52.3. The van der Waals surface area contributed by atoms with Gasteiger partial charge in [0.1, 0.15) is 5.82 Å². The molecule has 2 aromatic rings. The summed E-state index contributed by atoms with van der Waals surface area (Å²) in [5, 5.41) is 3.93. The lowest BCUT2D eigenvalue weighted by molar-refractivity contribution is -0.204. The number of halogens is 4. The number of H-pyrrole nitrogens is 1. The van der Waals surface area contributed by atoms with Crippen molar-refractivity contribution in [2.24, 2.45) is 5.92 Å². The van der Waals surface area contributed by atoms with Crippen molar-refractivity contribution in [3.63, 3.8) is 0 Å². The number of hydrogen-bond acceptors (Lipinski definition) is 5. The Morgan fingerprint density at radius 2 is 2.00 bits per heavy atom. The topological polar surface area (TPSA) is 86.5 Å². The molecule has 0 bridgehead atoms. The molecular weight excluding hydrogens is 420 g/mol. The van der Waals surface area contributed by atoms with E-state index in [1.54, 1.807) is 13.8 Å². The van der Waals surface area contributed by atoms with Gasteiger partial charge in [-0.15, -0.1) is 0 Å². The van der Waals surface area contributed by atoms with Gasteiger partial charge in [0.15, 0.2) is 0 Å². The van der Waals surface area contributed by atoms with Crippen LogP contribution in [0, 0.1) is 25.6 Å². The molecule has 0 spiro atoms. The van der Waals surface area contributed by atoms with Gasteiger partial charge in [0.25, 0.3) is 5.91 Å². The maximum Gasteiger partial charge on any atom is 0.493 e. The molecule has 11 heteroatoms. The van der Waals surface area contributed by atoms with E-state index in [1.807, 2.05) is 4.90 Å². The molecule has 31 heavy (non-hydrogen) atoms. The highest BCUT2D eigenvalue weighted by Crippen LogP contribution is 2.39. The van der Waals surface area contributed by atoms with Crippen LogP contribution in [0.3, 0.4) is 0 Å². The molecular formula is C20H22F4N4O3. The Labute approximate surface area is 175 Å². The van der Waals surface area contributed by atoms with Crippen molar-refractivity contribution < 1.29 is 32.0 Å². The molecule has 2 unspecified atom stereocenters. The Kier molecular flexibility index (Phi) is 5.32. The van der Waals surface area contributed by atoms with Crippen LogP contribution in [0.5, 0.6) is 0 Å². The van der Waals surface area contributed by atoms with E-state index in [2.05, 4.69) is 15.1 Å². The summed E-state index contributed by atoms with van der Waals surface area (Å²) in [7, 11) is 0. The van der Waals surface area contributed by atoms with Crippen molar-refractivity contribution in [2.45, 2.75) is 38.9 Å². The Morgan fingerprint density at radius 1 is 1.26 bits per heavy atom. The number of aromatic nitrogens is 1. The number of nitrogens with zero attached hydrogens (tertiary/aromatic N) is 1. The van der Waals surface area contributed by atoms with Gasteiger partial charge in [-0.05, 0) is 50.8 Å². The van der Waals surface area contributed by atoms with Crippen molar-refractivity contribution in [3.05, 3.63) is 28.7 Å². The molecule has 1 aromatic heterocycles. The van der Waals surface area contributed by atoms with Crippen molar-refractivity contribution in [2.75, 3.05) is 24.5 Å². The van der Waals surface area contributed by atoms with Crippen molar-refractivity contribution in [3.8, 4) is 0 Å². The lowest BCUT2D eigenvalue weighted by Gasteiger charge is -2.37. The number of carbonyl (C=O) groups is 2. The summed E-state index contributed by atoms with van der Waals surface area (Å²) in [6.45, 7) is 5.75. The first-order valence-electron chi connectivity index (χ1n) is 9.96. The van der Waals surface area contributed by atoms with Crippen LogP contribution in [0.15, 0.2) is 6.07 Å². The summed E-state index contributed by atoms with van der Waals surface area (Å²) in [5.41, 5.74) is 3.26. The number of hydroxylamine groups is 1. The van der Waals surface area contributed by atoms with E-state index in [0.29, 0.717) is 35.8 Å². The number of rotatable bonds is 2. The first-order chi connectivity index (χ1) is 14.6. The molecule has 2 saturated heterocycles. The maximum absolute atomic E-state index is 15.3. The highest BCUT2D eigenvalue weighted by atomic mass is 19.4. The summed E-state index contributed by atoms with van der Waals surface area (Å²) >= 11 is 0. The number of alkyl halides is 3. The molecule has 0 radical (unpaired) electrons. The minimum absolute atomic E-state index is 0.253. The number of benzene rings is 1. The molecule has 0 aliphatic carbocycles. The maximum atomic E-state index is 15.3. The van der Waals surface area contributed by atoms with E-state index in [4.69, 9.17) is 0 Å². The molecule has 3 N–H and O–H groups in total. The lowest BCUT2D eigenvalue weighted by Crippen LogP contribution is -2.46. The predicted octanol–water partition coefficient (Wildman–Crippen LogP) is 2.86. The second-order valence-corrected chi connectivity index (χ2v) is 8.04. The van der Waals surface area contributed by atoms with Gasteiger partial charge >= 0.3 is 12.1 Å². The molecule has 168 valence electrons. The molecule has 1 amide bonds. The third-order valence-electron chi connectivity index (χ3n) is 6.21. The average Bonchev–Trinajstić information content (AvgIpc) is 3.29. The third-order valence-corrected chi connectivity index (χ3v) is 6.21. The zero-order valence-corrected chi connectivity index (χ0v) is 17.0. The second-order valence-electron chi connectivity index (χ2n) is 8.04. The fourth-order valence-corrected chi connectivity index (χ4v) is 4.53. The fraction of sp³-hybridized carbons (Fsp3) is 0.500. The lowest BCUT2D eigenvalue weighted by atomic mass is 9.91. The van der Waals surface area contributed by atoms with Crippen LogP contribution in [0.4, 0.5) is 23.2 Å². The molecule has 2 fully saturated rings. The third kappa shape index (κ3) is 3.82. The summed E-state index contributed by atoms with van der Waals surface area (Å²) in [4.78, 5) is 32.1. The number of piperidine rings is 1. The van der Waals surface area contributed by atoms with E-state index < -0.39 is 23.9 Å².